The van der Waals surface area contributed by atoms with Crippen LogP contribution in [0, 0.1) is 5.92 Å². The molecule has 122 valence electrons. The number of para-hydroxylation sites is 1. The molecule has 2 heterocycles. The molecule has 1 fully saturated rings. The van der Waals surface area contributed by atoms with Crippen molar-refractivity contribution in [2.75, 3.05) is 18.0 Å². The Balaban J connectivity index is 1.41. The fourth-order valence-electron chi connectivity index (χ4n) is 3.59. The summed E-state index contributed by atoms with van der Waals surface area (Å²) in [5.74, 6) is 1.84. The van der Waals surface area contributed by atoms with E-state index in [9.17, 15) is 0 Å². The minimum atomic E-state index is 0.736. The second kappa shape index (κ2) is 6.82. The number of piperidine rings is 1. The molecule has 0 unspecified atom stereocenters. The first-order chi connectivity index (χ1) is 11.8. The molecule has 1 aromatic heterocycles. The fraction of sp³-hybridized carbons (Fsp3) is 0.286. The summed E-state index contributed by atoms with van der Waals surface area (Å²) >= 11 is 6.10. The van der Waals surface area contributed by atoms with Gasteiger partial charge in [-0.3, -0.25) is 0 Å². The number of rotatable bonds is 3. The summed E-state index contributed by atoms with van der Waals surface area (Å²) in [6.07, 6.45) is 3.54. The summed E-state index contributed by atoms with van der Waals surface area (Å²) in [6.45, 7) is 2.16. The second-order valence-electron chi connectivity index (χ2n) is 6.63. The van der Waals surface area contributed by atoms with Gasteiger partial charge in [0.2, 0.25) is 0 Å². The Bertz CT molecular complexity index is 838. The quantitative estimate of drug-likeness (QED) is 0.641. The summed E-state index contributed by atoms with van der Waals surface area (Å²) in [5.41, 5.74) is 2.43. The summed E-state index contributed by atoms with van der Waals surface area (Å²) in [4.78, 5) is 7.25. The van der Waals surface area contributed by atoms with Gasteiger partial charge in [0.05, 0.1) is 5.52 Å². The average Bonchev–Trinajstić information content (AvgIpc) is 2.62. The van der Waals surface area contributed by atoms with Gasteiger partial charge in [-0.2, -0.15) is 0 Å². The van der Waals surface area contributed by atoms with Crippen LogP contribution in [-0.4, -0.2) is 18.1 Å². The highest BCUT2D eigenvalue weighted by Crippen LogP contribution is 2.26. The number of nitrogens with zero attached hydrogens (tertiary/aromatic N) is 2. The van der Waals surface area contributed by atoms with Gasteiger partial charge in [-0.25, -0.2) is 4.98 Å². The van der Waals surface area contributed by atoms with Crippen LogP contribution in [0.25, 0.3) is 10.9 Å². The summed E-state index contributed by atoms with van der Waals surface area (Å²) in [6, 6.07) is 20.9. The van der Waals surface area contributed by atoms with Gasteiger partial charge in [0.25, 0.3) is 0 Å². The monoisotopic (exact) mass is 336 g/mol. The Labute approximate surface area is 148 Å². The maximum absolute atomic E-state index is 6.10. The van der Waals surface area contributed by atoms with Crippen LogP contribution in [0.2, 0.25) is 5.02 Å². The summed E-state index contributed by atoms with van der Waals surface area (Å²) < 4.78 is 0. The Morgan fingerprint density at radius 2 is 1.79 bits per heavy atom. The lowest BCUT2D eigenvalue weighted by atomic mass is 9.90. The average molecular weight is 337 g/mol. The minimum Gasteiger partial charge on any atom is -0.357 e. The van der Waals surface area contributed by atoms with Gasteiger partial charge in [0.15, 0.2) is 0 Å². The lowest BCUT2D eigenvalue weighted by molar-refractivity contribution is 0.402. The number of pyridine rings is 1. The molecular formula is C21H21ClN2. The number of hydrogen-bond acceptors (Lipinski definition) is 2. The normalized spacial score (nSPS) is 15.8. The van der Waals surface area contributed by atoms with E-state index in [0.717, 1.165) is 41.8 Å². The van der Waals surface area contributed by atoms with Crippen molar-refractivity contribution in [1.82, 2.24) is 4.98 Å². The molecule has 0 N–H and O–H groups in total. The van der Waals surface area contributed by atoms with Crippen molar-refractivity contribution in [1.29, 1.82) is 0 Å². The molecule has 1 saturated heterocycles. The van der Waals surface area contributed by atoms with E-state index in [0.29, 0.717) is 0 Å². The van der Waals surface area contributed by atoms with Crippen LogP contribution in [0.1, 0.15) is 18.4 Å². The van der Waals surface area contributed by atoms with Crippen LogP contribution in [0.4, 0.5) is 5.82 Å². The SMILES string of the molecule is Clc1cccc(CC2CCN(c3ccc4ccccc4n3)CC2)c1. The molecule has 0 atom stereocenters. The minimum absolute atomic E-state index is 0.736. The zero-order valence-electron chi connectivity index (χ0n) is 13.7. The Hall–Kier alpha value is -2.06. The van der Waals surface area contributed by atoms with E-state index in [4.69, 9.17) is 16.6 Å². The molecule has 0 spiro atoms. The largest absolute Gasteiger partial charge is 0.357 e. The smallest absolute Gasteiger partial charge is 0.129 e. The van der Waals surface area contributed by atoms with Crippen LogP contribution < -0.4 is 4.90 Å². The molecule has 0 radical (unpaired) electrons. The maximum Gasteiger partial charge on any atom is 0.129 e. The Morgan fingerprint density at radius 1 is 0.958 bits per heavy atom. The first-order valence-electron chi connectivity index (χ1n) is 8.63. The second-order valence-corrected chi connectivity index (χ2v) is 7.06. The van der Waals surface area contributed by atoms with Crippen LogP contribution in [0.5, 0.6) is 0 Å². The van der Waals surface area contributed by atoms with E-state index in [2.05, 4.69) is 53.4 Å². The number of aromatic nitrogens is 1. The van der Waals surface area contributed by atoms with Gasteiger partial charge in [-0.15, -0.1) is 0 Å². The molecule has 0 saturated carbocycles. The van der Waals surface area contributed by atoms with Crippen molar-refractivity contribution in [2.45, 2.75) is 19.3 Å². The highest BCUT2D eigenvalue weighted by Gasteiger charge is 2.20. The number of halogens is 1. The van der Waals surface area contributed by atoms with Gasteiger partial charge in [0, 0.05) is 23.5 Å². The Kier molecular flexibility index (Phi) is 4.40. The maximum atomic E-state index is 6.10. The van der Waals surface area contributed by atoms with Crippen molar-refractivity contribution >= 4 is 28.3 Å². The van der Waals surface area contributed by atoms with E-state index in [1.165, 1.54) is 23.8 Å². The van der Waals surface area contributed by atoms with Crippen LogP contribution in [0.3, 0.4) is 0 Å². The molecule has 3 heteroatoms. The predicted molar refractivity (Wildman–Crippen MR) is 102 cm³/mol. The molecule has 0 aliphatic carbocycles. The highest BCUT2D eigenvalue weighted by molar-refractivity contribution is 6.30. The topological polar surface area (TPSA) is 16.1 Å². The Morgan fingerprint density at radius 3 is 2.62 bits per heavy atom. The molecule has 4 rings (SSSR count). The van der Waals surface area contributed by atoms with Crippen molar-refractivity contribution in [2.24, 2.45) is 5.92 Å². The first-order valence-corrected chi connectivity index (χ1v) is 9.01. The van der Waals surface area contributed by atoms with E-state index in [1.54, 1.807) is 0 Å². The third kappa shape index (κ3) is 3.39. The predicted octanol–water partition coefficient (Wildman–Crippen LogP) is 5.35. The van der Waals surface area contributed by atoms with Gasteiger partial charge in [0.1, 0.15) is 5.82 Å². The van der Waals surface area contributed by atoms with Gasteiger partial charge in [-0.05, 0) is 61.1 Å². The zero-order chi connectivity index (χ0) is 16.4. The van der Waals surface area contributed by atoms with Crippen molar-refractivity contribution in [3.63, 3.8) is 0 Å². The lowest BCUT2D eigenvalue weighted by Crippen LogP contribution is -2.34. The van der Waals surface area contributed by atoms with E-state index >= 15 is 0 Å². The standard InChI is InChI=1S/C21H21ClN2/c22-19-6-3-4-17(15-19)14-16-10-12-24(13-11-16)21-9-8-18-5-1-2-7-20(18)23-21/h1-9,15-16H,10-14H2. The first kappa shape index (κ1) is 15.5. The molecule has 3 aromatic rings. The van der Waals surface area contributed by atoms with E-state index in [1.807, 2.05) is 12.1 Å². The van der Waals surface area contributed by atoms with E-state index < -0.39 is 0 Å². The molecule has 24 heavy (non-hydrogen) atoms. The molecular weight excluding hydrogens is 316 g/mol. The van der Waals surface area contributed by atoms with Gasteiger partial charge >= 0.3 is 0 Å². The lowest BCUT2D eigenvalue weighted by Gasteiger charge is -2.33. The fourth-order valence-corrected chi connectivity index (χ4v) is 3.81. The van der Waals surface area contributed by atoms with Gasteiger partial charge < -0.3 is 4.90 Å². The van der Waals surface area contributed by atoms with Crippen molar-refractivity contribution in [3.05, 3.63) is 71.2 Å². The van der Waals surface area contributed by atoms with Crippen molar-refractivity contribution < 1.29 is 0 Å². The number of anilines is 1. The highest BCUT2D eigenvalue weighted by atomic mass is 35.5. The zero-order valence-corrected chi connectivity index (χ0v) is 14.4. The van der Waals surface area contributed by atoms with Crippen LogP contribution in [-0.2, 0) is 6.42 Å². The number of fused-ring (bicyclic) bond motifs is 1. The van der Waals surface area contributed by atoms with E-state index in [-0.39, 0.29) is 0 Å². The number of hydrogen-bond donors (Lipinski definition) is 0. The van der Waals surface area contributed by atoms with Crippen molar-refractivity contribution in [3.8, 4) is 0 Å². The van der Waals surface area contributed by atoms with Gasteiger partial charge in [-0.1, -0.05) is 41.9 Å². The third-order valence-electron chi connectivity index (χ3n) is 4.94. The molecule has 0 amide bonds. The molecule has 1 aliphatic heterocycles. The molecule has 0 bridgehead atoms. The molecule has 2 nitrogen and oxygen atoms in total. The van der Waals surface area contributed by atoms with Crippen LogP contribution >= 0.6 is 11.6 Å². The summed E-state index contributed by atoms with van der Waals surface area (Å²) in [7, 11) is 0. The summed E-state index contributed by atoms with van der Waals surface area (Å²) in [5, 5.41) is 2.04. The third-order valence-corrected chi connectivity index (χ3v) is 5.17. The molecule has 2 aromatic carbocycles. The number of benzene rings is 2. The van der Waals surface area contributed by atoms with Crippen LogP contribution in [0.15, 0.2) is 60.7 Å². The molecule has 1 aliphatic rings.